The predicted octanol–water partition coefficient (Wildman–Crippen LogP) is 7.24. The summed E-state index contributed by atoms with van der Waals surface area (Å²) in [6.07, 6.45) is -2.68. The predicted molar refractivity (Wildman–Crippen MR) is 179 cm³/mol. The lowest BCUT2D eigenvalue weighted by molar-refractivity contribution is -0.199. The molecular formula is C33H29F3N4O6S3. The van der Waals surface area contributed by atoms with Gasteiger partial charge in [0.05, 0.1) is 34.6 Å². The maximum absolute atomic E-state index is 12.8. The number of alkyl halides is 3. The van der Waals surface area contributed by atoms with Crippen LogP contribution in [0.25, 0.3) is 33.6 Å². The number of carbonyl (C=O) groups is 2. The van der Waals surface area contributed by atoms with Crippen LogP contribution in [0, 0.1) is 6.92 Å². The fraction of sp³-hybridized carbons (Fsp3) is 0.273. The molecule has 1 aliphatic rings. The second-order valence-electron chi connectivity index (χ2n) is 11.4. The lowest BCUT2D eigenvalue weighted by Crippen LogP contribution is -2.38. The molecule has 1 saturated heterocycles. The van der Waals surface area contributed by atoms with Crippen molar-refractivity contribution in [3.63, 3.8) is 0 Å². The minimum atomic E-state index is -5.38. The summed E-state index contributed by atoms with van der Waals surface area (Å²) in [5.74, 6) is -1.70. The van der Waals surface area contributed by atoms with Crippen molar-refractivity contribution < 1.29 is 40.5 Å². The van der Waals surface area contributed by atoms with E-state index in [0.29, 0.717) is 48.3 Å². The molecule has 0 atom stereocenters. The lowest BCUT2D eigenvalue weighted by Gasteiger charge is -2.31. The quantitative estimate of drug-likeness (QED) is 0.146. The van der Waals surface area contributed by atoms with Gasteiger partial charge in [0.15, 0.2) is 0 Å². The Morgan fingerprint density at radius 2 is 1.73 bits per heavy atom. The van der Waals surface area contributed by atoms with Crippen molar-refractivity contribution in [3.8, 4) is 33.6 Å². The number of likely N-dealkylation sites (tertiary alicyclic amines) is 1. The first-order chi connectivity index (χ1) is 23.3. The minimum Gasteiger partial charge on any atom is -0.360 e. The fourth-order valence-corrected chi connectivity index (χ4v) is 7.96. The zero-order valence-corrected chi connectivity index (χ0v) is 28.6. The second kappa shape index (κ2) is 13.8. The second-order valence-corrected chi connectivity index (χ2v) is 15.2. The molecule has 256 valence electrons. The number of thiazole rings is 1. The van der Waals surface area contributed by atoms with Gasteiger partial charge in [0.25, 0.3) is 10.0 Å². The fourth-order valence-electron chi connectivity index (χ4n) is 5.57. The molecule has 0 aliphatic carbocycles. The Hall–Kier alpha value is -4.54. The van der Waals surface area contributed by atoms with Gasteiger partial charge in [-0.05, 0) is 60.5 Å². The number of halogens is 3. The van der Waals surface area contributed by atoms with Crippen LogP contribution in [0.5, 0.6) is 0 Å². The first kappa shape index (κ1) is 34.3. The molecule has 49 heavy (non-hydrogen) atoms. The molecule has 16 heteroatoms. The molecule has 0 bridgehead atoms. The Kier molecular flexibility index (Phi) is 9.64. The Balaban J connectivity index is 1.18. The highest BCUT2D eigenvalue weighted by atomic mass is 32.2. The number of rotatable bonds is 9. The molecule has 0 spiro atoms. The average molecular weight is 731 g/mol. The third-order valence-corrected chi connectivity index (χ3v) is 10.8. The van der Waals surface area contributed by atoms with Crippen molar-refractivity contribution in [2.75, 3.05) is 23.8 Å². The van der Waals surface area contributed by atoms with Gasteiger partial charge in [-0.1, -0.05) is 46.0 Å². The maximum atomic E-state index is 12.8. The third-order valence-electron chi connectivity index (χ3n) is 7.99. The SMILES string of the molecule is Cc1onc(-c2cccc(-c3ccc(N(OC(=O)C(F)(F)F)S(C)(=O)=O)cc3)c2)c1-c1csc(C2CCN(C(=O)Cc3cccs3)CC2)n1. The van der Waals surface area contributed by atoms with Crippen LogP contribution >= 0.6 is 22.7 Å². The first-order valence-electron chi connectivity index (χ1n) is 15.0. The molecular weight excluding hydrogens is 702 g/mol. The van der Waals surface area contributed by atoms with Crippen molar-refractivity contribution in [3.05, 3.63) is 87.1 Å². The van der Waals surface area contributed by atoms with Crippen LogP contribution in [0.15, 0.2) is 75.9 Å². The summed E-state index contributed by atoms with van der Waals surface area (Å²) >= 11 is 3.16. The Bertz CT molecular complexity index is 2070. The number of anilines is 1. The van der Waals surface area contributed by atoms with Gasteiger partial charge in [0.1, 0.15) is 11.5 Å². The van der Waals surface area contributed by atoms with Gasteiger partial charge in [-0.2, -0.15) is 13.2 Å². The van der Waals surface area contributed by atoms with Crippen molar-refractivity contribution in [2.45, 2.75) is 38.3 Å². The standard InChI is InChI=1S/C33H29F3N4O6S3/c1-20-29(27-19-48-31(37-27)22-12-14-39(15-13-22)28(41)18-26-7-4-16-47-26)30(38-45-20)24-6-3-5-23(17-24)21-8-10-25(11-9-21)40(49(2,43)44)46-32(42)33(34,35)36/h3-11,16-17,19,22H,12-15,18H2,1-2H3. The summed E-state index contributed by atoms with van der Waals surface area (Å²) in [6.45, 7) is 3.17. The normalized spacial score (nSPS) is 14.2. The molecule has 0 unspecified atom stereocenters. The Morgan fingerprint density at radius 3 is 2.39 bits per heavy atom. The van der Waals surface area contributed by atoms with Gasteiger partial charge in [0.2, 0.25) is 5.91 Å². The van der Waals surface area contributed by atoms with Gasteiger partial charge >= 0.3 is 12.1 Å². The zero-order valence-electron chi connectivity index (χ0n) is 26.1. The number of hydrogen-bond acceptors (Lipinski definition) is 10. The number of aryl methyl sites for hydroxylation is 1. The van der Waals surface area contributed by atoms with Gasteiger partial charge < -0.3 is 14.3 Å². The number of nitrogens with zero attached hydrogens (tertiary/aromatic N) is 4. The molecule has 2 aromatic carbocycles. The van der Waals surface area contributed by atoms with E-state index in [1.807, 2.05) is 52.9 Å². The number of carbonyl (C=O) groups excluding carboxylic acids is 2. The smallest absolute Gasteiger partial charge is 0.360 e. The topological polar surface area (TPSA) is 123 Å². The average Bonchev–Trinajstić information content (AvgIpc) is 3.84. The minimum absolute atomic E-state index is 0.0646. The lowest BCUT2D eigenvalue weighted by atomic mass is 9.97. The van der Waals surface area contributed by atoms with Crippen LogP contribution in [0.3, 0.4) is 0 Å². The van der Waals surface area contributed by atoms with E-state index in [0.717, 1.165) is 39.5 Å². The Morgan fingerprint density at radius 1 is 1.02 bits per heavy atom. The van der Waals surface area contributed by atoms with E-state index in [1.165, 1.54) is 24.3 Å². The van der Waals surface area contributed by atoms with Crippen molar-refractivity contribution in [2.24, 2.45) is 0 Å². The number of amides is 1. The van der Waals surface area contributed by atoms with Crippen LogP contribution in [0.2, 0.25) is 0 Å². The van der Waals surface area contributed by atoms with Crippen LogP contribution in [0.1, 0.15) is 34.4 Å². The molecule has 0 saturated carbocycles. The van der Waals surface area contributed by atoms with E-state index in [2.05, 4.69) is 9.99 Å². The van der Waals surface area contributed by atoms with Gasteiger partial charge in [-0.15, -0.1) is 22.7 Å². The van der Waals surface area contributed by atoms with Crippen LogP contribution in [-0.2, 0) is 30.9 Å². The number of piperidine rings is 1. The maximum Gasteiger partial charge on any atom is 0.493 e. The van der Waals surface area contributed by atoms with E-state index >= 15 is 0 Å². The number of benzene rings is 2. The van der Waals surface area contributed by atoms with E-state index in [1.54, 1.807) is 28.7 Å². The van der Waals surface area contributed by atoms with E-state index in [4.69, 9.17) is 9.51 Å². The van der Waals surface area contributed by atoms with E-state index in [9.17, 15) is 31.2 Å². The summed E-state index contributed by atoms with van der Waals surface area (Å²) in [4.78, 5) is 36.3. The molecule has 6 rings (SSSR count). The molecule has 10 nitrogen and oxygen atoms in total. The van der Waals surface area contributed by atoms with Gasteiger partial charge in [-0.25, -0.2) is 18.2 Å². The monoisotopic (exact) mass is 730 g/mol. The van der Waals surface area contributed by atoms with Gasteiger partial charge in [0, 0.05) is 34.8 Å². The largest absolute Gasteiger partial charge is 0.493 e. The number of aromatic nitrogens is 2. The highest BCUT2D eigenvalue weighted by Gasteiger charge is 2.44. The van der Waals surface area contributed by atoms with E-state index < -0.39 is 22.2 Å². The summed E-state index contributed by atoms with van der Waals surface area (Å²) < 4.78 is 68.1. The highest BCUT2D eigenvalue weighted by Crippen LogP contribution is 2.39. The van der Waals surface area contributed by atoms with Gasteiger partial charge in [-0.3, -0.25) is 4.79 Å². The first-order valence-corrected chi connectivity index (χ1v) is 18.6. The molecule has 3 aromatic heterocycles. The molecule has 0 N–H and O–H groups in total. The third kappa shape index (κ3) is 7.71. The molecule has 0 radical (unpaired) electrons. The molecule has 5 aromatic rings. The summed E-state index contributed by atoms with van der Waals surface area (Å²) in [5.41, 5.74) is 3.79. The molecule has 1 amide bonds. The van der Waals surface area contributed by atoms with Crippen molar-refractivity contribution >= 4 is 50.3 Å². The van der Waals surface area contributed by atoms with Crippen LogP contribution in [0.4, 0.5) is 18.9 Å². The summed E-state index contributed by atoms with van der Waals surface area (Å²) in [6, 6.07) is 16.7. The molecule has 1 fully saturated rings. The zero-order chi connectivity index (χ0) is 34.9. The summed E-state index contributed by atoms with van der Waals surface area (Å²) in [7, 11) is -4.39. The van der Waals surface area contributed by atoms with Crippen LogP contribution in [-0.4, -0.2) is 60.9 Å². The van der Waals surface area contributed by atoms with E-state index in [-0.39, 0.29) is 22.0 Å². The molecule has 4 heterocycles. The highest BCUT2D eigenvalue weighted by molar-refractivity contribution is 7.91. The number of thiophene rings is 1. The van der Waals surface area contributed by atoms with Crippen molar-refractivity contribution in [1.82, 2.24) is 15.0 Å². The number of sulfonamides is 1. The van der Waals surface area contributed by atoms with Crippen molar-refractivity contribution in [1.29, 1.82) is 0 Å². The Labute approximate surface area is 287 Å². The van der Waals surface area contributed by atoms with Crippen LogP contribution < -0.4 is 4.47 Å². The molecule has 1 aliphatic heterocycles. The summed E-state index contributed by atoms with van der Waals surface area (Å²) in [5, 5.41) is 9.27. The number of hydrogen-bond donors (Lipinski definition) is 0.